The number of thiazole rings is 1. The van der Waals surface area contributed by atoms with Crippen molar-refractivity contribution < 1.29 is 18.4 Å². The monoisotopic (exact) mass is 397 g/mol. The van der Waals surface area contributed by atoms with Crippen LogP contribution in [0.2, 0.25) is 0 Å². The first-order chi connectivity index (χ1) is 13.4. The zero-order chi connectivity index (χ0) is 19.8. The third-order valence-corrected chi connectivity index (χ3v) is 5.46. The summed E-state index contributed by atoms with van der Waals surface area (Å²) < 4.78 is 25.3. The molecule has 1 aromatic carbocycles. The van der Waals surface area contributed by atoms with Gasteiger partial charge in [-0.25, -0.2) is 9.37 Å². The fraction of sp³-hybridized carbons (Fsp3) is 0.250. The highest BCUT2D eigenvalue weighted by molar-refractivity contribution is 7.14. The number of nitrogens with zero attached hydrogens (tertiary/aromatic N) is 2. The molecule has 0 saturated carbocycles. The van der Waals surface area contributed by atoms with E-state index in [2.05, 4.69) is 22.0 Å². The number of carbonyl (C=O) groups is 1. The fourth-order valence-electron chi connectivity index (χ4n) is 2.90. The number of nitrogens with two attached hydrogens (primary N) is 1. The van der Waals surface area contributed by atoms with Gasteiger partial charge >= 0.3 is 0 Å². The zero-order valence-electron chi connectivity index (χ0n) is 15.2. The fourth-order valence-corrected chi connectivity index (χ4v) is 3.80. The average Bonchev–Trinajstić information content (AvgIpc) is 3.24. The van der Waals surface area contributed by atoms with Gasteiger partial charge in [-0.2, -0.15) is 0 Å². The highest BCUT2D eigenvalue weighted by Crippen LogP contribution is 2.38. The maximum atomic E-state index is 14.6. The molecule has 1 amide bonds. The van der Waals surface area contributed by atoms with Crippen LogP contribution >= 0.6 is 11.3 Å². The van der Waals surface area contributed by atoms with Crippen molar-refractivity contribution in [2.45, 2.75) is 26.2 Å². The summed E-state index contributed by atoms with van der Waals surface area (Å²) in [6.45, 7) is 4.04. The summed E-state index contributed by atoms with van der Waals surface area (Å²) in [5, 5.41) is 4.17. The van der Waals surface area contributed by atoms with Gasteiger partial charge in [0.25, 0.3) is 5.91 Å². The van der Waals surface area contributed by atoms with Gasteiger partial charge in [-0.15, -0.1) is 11.3 Å². The van der Waals surface area contributed by atoms with E-state index in [-0.39, 0.29) is 16.5 Å². The van der Waals surface area contributed by atoms with Crippen LogP contribution in [-0.2, 0) is 6.42 Å². The Morgan fingerprint density at radius 2 is 2.21 bits per heavy atom. The number of ether oxygens (including phenoxy) is 1. The molecule has 1 unspecified atom stereocenters. The molecule has 6 nitrogen and oxygen atoms in total. The van der Waals surface area contributed by atoms with Gasteiger partial charge in [-0.1, -0.05) is 17.0 Å². The summed E-state index contributed by atoms with van der Waals surface area (Å²) in [7, 11) is 0. The number of rotatable bonds is 2. The molecule has 0 fully saturated rings. The van der Waals surface area contributed by atoms with Crippen LogP contribution in [0.5, 0.6) is 5.75 Å². The van der Waals surface area contributed by atoms with Crippen LogP contribution < -0.4 is 10.5 Å². The molecule has 3 aromatic rings. The number of carbonyl (C=O) groups excluding carboxylic acids is 1. The zero-order valence-corrected chi connectivity index (χ0v) is 16.0. The Labute approximate surface area is 164 Å². The van der Waals surface area contributed by atoms with Gasteiger partial charge in [0.15, 0.2) is 5.01 Å². The quantitative estimate of drug-likeness (QED) is 0.669. The molecule has 4 rings (SSSR count). The van der Waals surface area contributed by atoms with E-state index in [4.69, 9.17) is 15.0 Å². The first-order valence-corrected chi connectivity index (χ1v) is 9.45. The van der Waals surface area contributed by atoms with Gasteiger partial charge in [-0.3, -0.25) is 4.79 Å². The van der Waals surface area contributed by atoms with E-state index in [9.17, 15) is 9.18 Å². The maximum Gasteiger partial charge on any atom is 0.277 e. The van der Waals surface area contributed by atoms with Crippen LogP contribution in [0.4, 0.5) is 4.39 Å². The molecule has 142 valence electrons. The number of halogens is 1. The largest absolute Gasteiger partial charge is 0.492 e. The van der Waals surface area contributed by atoms with E-state index in [1.807, 2.05) is 6.92 Å². The molecule has 0 spiro atoms. The molecule has 0 aliphatic carbocycles. The third-order valence-electron chi connectivity index (χ3n) is 4.33. The van der Waals surface area contributed by atoms with Crippen LogP contribution in [0.25, 0.3) is 11.3 Å². The second-order valence-electron chi connectivity index (χ2n) is 6.44. The summed E-state index contributed by atoms with van der Waals surface area (Å²) in [5.74, 6) is 5.65. The molecular formula is C20H16FN3O3S. The van der Waals surface area contributed by atoms with Gasteiger partial charge in [0, 0.05) is 29.0 Å². The minimum Gasteiger partial charge on any atom is -0.492 e. The molecule has 28 heavy (non-hydrogen) atoms. The SMILES string of the molecule is Cc1cc(C(C)C#Cc2cc3c(cc2F)OCCc2sc(C(N)=O)nc2-3)no1. The second-order valence-corrected chi connectivity index (χ2v) is 7.52. The van der Waals surface area contributed by atoms with Gasteiger partial charge in [0.2, 0.25) is 0 Å². The minimum absolute atomic E-state index is 0.218. The van der Waals surface area contributed by atoms with Crippen molar-refractivity contribution >= 4 is 17.2 Å². The van der Waals surface area contributed by atoms with Crippen molar-refractivity contribution in [2.24, 2.45) is 5.73 Å². The Balaban J connectivity index is 1.75. The van der Waals surface area contributed by atoms with E-state index in [1.165, 1.54) is 17.4 Å². The van der Waals surface area contributed by atoms with Crippen molar-refractivity contribution in [3.05, 3.63) is 50.9 Å². The maximum absolute atomic E-state index is 14.6. The number of benzene rings is 1. The molecule has 2 N–H and O–H groups in total. The van der Waals surface area contributed by atoms with E-state index in [0.29, 0.717) is 41.5 Å². The van der Waals surface area contributed by atoms with Crippen LogP contribution in [0.3, 0.4) is 0 Å². The molecule has 1 aliphatic rings. The lowest BCUT2D eigenvalue weighted by Gasteiger charge is -2.08. The summed E-state index contributed by atoms with van der Waals surface area (Å²) in [4.78, 5) is 16.7. The lowest BCUT2D eigenvalue weighted by molar-refractivity contribution is 0.1000. The first kappa shape index (κ1) is 18.2. The number of primary amides is 1. The second kappa shape index (κ2) is 7.09. The van der Waals surface area contributed by atoms with E-state index < -0.39 is 11.7 Å². The number of fused-ring (bicyclic) bond motifs is 3. The number of amides is 1. The Kier molecular flexibility index (Phi) is 4.61. The standard InChI is InChI=1S/C20H16FN3O3S/c1-10(15-7-11(2)27-24-15)3-4-12-8-13-16(9-14(12)21)26-6-5-17-18(13)23-20(28-17)19(22)25/h7-10H,5-6H2,1-2H3,(H2,22,25). The van der Waals surface area contributed by atoms with Gasteiger partial charge < -0.3 is 15.0 Å². The predicted octanol–water partition coefficient (Wildman–Crippen LogP) is 3.43. The Morgan fingerprint density at radius 3 is 2.93 bits per heavy atom. The molecule has 1 atom stereocenters. The molecule has 0 radical (unpaired) electrons. The molecule has 0 saturated heterocycles. The van der Waals surface area contributed by atoms with Gasteiger partial charge in [0.1, 0.15) is 17.3 Å². The minimum atomic E-state index is -0.584. The van der Waals surface area contributed by atoms with Crippen LogP contribution in [-0.4, -0.2) is 22.7 Å². The Morgan fingerprint density at radius 1 is 1.39 bits per heavy atom. The van der Waals surface area contributed by atoms with Crippen molar-refractivity contribution in [1.82, 2.24) is 10.1 Å². The van der Waals surface area contributed by atoms with Gasteiger partial charge in [-0.05, 0) is 19.9 Å². The Hall–Kier alpha value is -3.18. The van der Waals surface area contributed by atoms with E-state index in [1.54, 1.807) is 19.1 Å². The summed E-state index contributed by atoms with van der Waals surface area (Å²) in [6, 6.07) is 4.71. The topological polar surface area (TPSA) is 91.2 Å². The molecule has 3 heterocycles. The molecule has 2 aromatic heterocycles. The van der Waals surface area contributed by atoms with Gasteiger partial charge in [0.05, 0.1) is 29.5 Å². The molecule has 8 heteroatoms. The molecular weight excluding hydrogens is 381 g/mol. The van der Waals surface area contributed by atoms with Crippen molar-refractivity contribution in [3.63, 3.8) is 0 Å². The average molecular weight is 397 g/mol. The summed E-state index contributed by atoms with van der Waals surface area (Å²) >= 11 is 1.23. The third kappa shape index (κ3) is 3.37. The number of hydrogen-bond donors (Lipinski definition) is 1. The number of aryl methyl sites for hydroxylation is 1. The molecule has 0 bridgehead atoms. The number of hydrogen-bond acceptors (Lipinski definition) is 6. The highest BCUT2D eigenvalue weighted by Gasteiger charge is 2.23. The number of aromatic nitrogens is 2. The van der Waals surface area contributed by atoms with Crippen LogP contribution in [0.1, 0.15) is 44.5 Å². The van der Waals surface area contributed by atoms with Crippen molar-refractivity contribution in [3.8, 4) is 28.8 Å². The predicted molar refractivity (Wildman–Crippen MR) is 102 cm³/mol. The highest BCUT2D eigenvalue weighted by atomic mass is 32.1. The first-order valence-electron chi connectivity index (χ1n) is 8.63. The summed E-state index contributed by atoms with van der Waals surface area (Å²) in [6.07, 6.45) is 0.570. The van der Waals surface area contributed by atoms with Crippen molar-refractivity contribution in [2.75, 3.05) is 6.61 Å². The molecule has 1 aliphatic heterocycles. The van der Waals surface area contributed by atoms with Crippen LogP contribution in [0.15, 0.2) is 22.7 Å². The van der Waals surface area contributed by atoms with E-state index >= 15 is 0 Å². The van der Waals surface area contributed by atoms with Crippen molar-refractivity contribution in [1.29, 1.82) is 0 Å². The summed E-state index contributed by atoms with van der Waals surface area (Å²) in [5.41, 5.74) is 7.46. The smallest absolute Gasteiger partial charge is 0.277 e. The van der Waals surface area contributed by atoms with E-state index in [0.717, 1.165) is 4.88 Å². The lowest BCUT2D eigenvalue weighted by atomic mass is 10.0. The lowest BCUT2D eigenvalue weighted by Crippen LogP contribution is -2.10. The Bertz CT molecular complexity index is 1140. The normalized spacial score (nSPS) is 13.4. The van der Waals surface area contributed by atoms with Crippen LogP contribution in [0, 0.1) is 24.6 Å².